The summed E-state index contributed by atoms with van der Waals surface area (Å²) < 4.78 is 0. The van der Waals surface area contributed by atoms with E-state index in [9.17, 15) is 5.11 Å². The zero-order chi connectivity index (χ0) is 14.1. The number of rotatable bonds is 2. The third-order valence-electron chi connectivity index (χ3n) is 6.21. The summed E-state index contributed by atoms with van der Waals surface area (Å²) in [7, 11) is 0. The van der Waals surface area contributed by atoms with E-state index in [2.05, 4.69) is 20.8 Å². The SMILES string of the molecule is CC(C)(C)C1CCCC(O)(C2(CN)CCCC2)CC1. The average Bonchev–Trinajstić information content (AvgIpc) is 2.73. The van der Waals surface area contributed by atoms with Gasteiger partial charge in [0.25, 0.3) is 0 Å². The first kappa shape index (κ1) is 15.3. The van der Waals surface area contributed by atoms with Gasteiger partial charge in [0.15, 0.2) is 0 Å². The first-order chi connectivity index (χ1) is 8.83. The Balaban J connectivity index is 2.12. The Hall–Kier alpha value is -0.0800. The topological polar surface area (TPSA) is 46.2 Å². The molecular formula is C17H33NO. The van der Waals surface area contributed by atoms with Crippen LogP contribution in [0.4, 0.5) is 0 Å². The molecule has 2 atom stereocenters. The number of nitrogens with two attached hydrogens (primary N) is 1. The van der Waals surface area contributed by atoms with Crippen molar-refractivity contribution in [2.45, 2.75) is 84.2 Å². The van der Waals surface area contributed by atoms with Crippen LogP contribution in [-0.4, -0.2) is 17.3 Å². The first-order valence-corrected chi connectivity index (χ1v) is 8.25. The molecule has 0 spiro atoms. The van der Waals surface area contributed by atoms with Crippen LogP contribution in [0.1, 0.15) is 78.6 Å². The fourth-order valence-electron chi connectivity index (χ4n) is 4.63. The molecule has 0 aromatic carbocycles. The quantitative estimate of drug-likeness (QED) is 0.746. The molecule has 2 fully saturated rings. The molecule has 2 unspecified atom stereocenters. The Morgan fingerprint density at radius 1 is 1.00 bits per heavy atom. The fraction of sp³-hybridized carbons (Fsp3) is 1.00. The fourth-order valence-corrected chi connectivity index (χ4v) is 4.63. The van der Waals surface area contributed by atoms with Crippen LogP contribution in [-0.2, 0) is 0 Å². The monoisotopic (exact) mass is 267 g/mol. The summed E-state index contributed by atoms with van der Waals surface area (Å²) in [5, 5.41) is 11.3. The second-order valence-electron chi connectivity index (χ2n) is 8.22. The molecule has 0 aliphatic heterocycles. The predicted molar refractivity (Wildman–Crippen MR) is 80.9 cm³/mol. The molecule has 0 aromatic heterocycles. The van der Waals surface area contributed by atoms with Gasteiger partial charge in [-0.05, 0) is 49.9 Å². The largest absolute Gasteiger partial charge is 0.389 e. The lowest BCUT2D eigenvalue weighted by Crippen LogP contribution is -2.51. The molecule has 0 radical (unpaired) electrons. The van der Waals surface area contributed by atoms with Crippen LogP contribution >= 0.6 is 0 Å². The van der Waals surface area contributed by atoms with E-state index in [4.69, 9.17) is 5.73 Å². The van der Waals surface area contributed by atoms with Crippen molar-refractivity contribution in [1.82, 2.24) is 0 Å². The Kier molecular flexibility index (Phi) is 4.32. The molecule has 2 aliphatic carbocycles. The maximum atomic E-state index is 11.3. The van der Waals surface area contributed by atoms with Crippen LogP contribution in [0.25, 0.3) is 0 Å². The van der Waals surface area contributed by atoms with Gasteiger partial charge in [-0.1, -0.05) is 40.0 Å². The van der Waals surface area contributed by atoms with E-state index >= 15 is 0 Å². The van der Waals surface area contributed by atoms with Gasteiger partial charge < -0.3 is 10.8 Å². The first-order valence-electron chi connectivity index (χ1n) is 8.25. The van der Waals surface area contributed by atoms with Crippen LogP contribution in [0.15, 0.2) is 0 Å². The summed E-state index contributed by atoms with van der Waals surface area (Å²) in [6.45, 7) is 7.70. The normalized spacial score (nSPS) is 36.2. The second kappa shape index (κ2) is 5.37. The highest BCUT2D eigenvalue weighted by Gasteiger charge is 2.51. The summed E-state index contributed by atoms with van der Waals surface area (Å²) in [5.41, 5.74) is 6.01. The van der Waals surface area contributed by atoms with Crippen molar-refractivity contribution < 1.29 is 5.11 Å². The number of hydrogen-bond acceptors (Lipinski definition) is 2. The van der Waals surface area contributed by atoms with Gasteiger partial charge >= 0.3 is 0 Å². The average molecular weight is 267 g/mol. The zero-order valence-corrected chi connectivity index (χ0v) is 13.2. The van der Waals surface area contributed by atoms with Gasteiger partial charge in [0, 0.05) is 12.0 Å². The van der Waals surface area contributed by atoms with E-state index in [1.54, 1.807) is 0 Å². The van der Waals surface area contributed by atoms with Crippen molar-refractivity contribution in [2.75, 3.05) is 6.54 Å². The Bertz CT molecular complexity index is 301. The summed E-state index contributed by atoms with van der Waals surface area (Å²) in [4.78, 5) is 0. The molecule has 0 aromatic rings. The second-order valence-corrected chi connectivity index (χ2v) is 8.22. The van der Waals surface area contributed by atoms with Crippen LogP contribution in [0, 0.1) is 16.7 Å². The van der Waals surface area contributed by atoms with Crippen molar-refractivity contribution in [2.24, 2.45) is 22.5 Å². The third kappa shape index (κ3) is 2.85. The summed E-state index contributed by atoms with van der Waals surface area (Å²) in [6.07, 6.45) is 10.3. The highest BCUT2D eigenvalue weighted by Crippen LogP contribution is 2.52. The standard InChI is InChI=1S/C17H33NO/c1-15(2,3)14-7-6-11-17(19,12-8-14)16(13-18)9-4-5-10-16/h14,19H,4-13,18H2,1-3H3. The zero-order valence-electron chi connectivity index (χ0n) is 13.2. The molecule has 0 amide bonds. The molecule has 0 heterocycles. The maximum absolute atomic E-state index is 11.3. The molecule has 0 bridgehead atoms. The van der Waals surface area contributed by atoms with Gasteiger partial charge in [-0.15, -0.1) is 0 Å². The summed E-state index contributed by atoms with van der Waals surface area (Å²) in [5.74, 6) is 0.748. The summed E-state index contributed by atoms with van der Waals surface area (Å²) >= 11 is 0. The Labute approximate surface area is 119 Å². The molecule has 2 saturated carbocycles. The van der Waals surface area contributed by atoms with E-state index in [1.807, 2.05) is 0 Å². The number of hydrogen-bond donors (Lipinski definition) is 2. The van der Waals surface area contributed by atoms with Crippen LogP contribution in [0.3, 0.4) is 0 Å². The van der Waals surface area contributed by atoms with Gasteiger partial charge in [-0.25, -0.2) is 0 Å². The highest BCUT2D eigenvalue weighted by molar-refractivity contribution is 5.03. The van der Waals surface area contributed by atoms with Crippen molar-refractivity contribution in [3.63, 3.8) is 0 Å². The highest BCUT2D eigenvalue weighted by atomic mass is 16.3. The van der Waals surface area contributed by atoms with Crippen LogP contribution in [0.2, 0.25) is 0 Å². The molecule has 112 valence electrons. The minimum atomic E-state index is -0.488. The van der Waals surface area contributed by atoms with Crippen molar-refractivity contribution in [3.8, 4) is 0 Å². The molecule has 19 heavy (non-hydrogen) atoms. The van der Waals surface area contributed by atoms with Gasteiger partial charge in [-0.2, -0.15) is 0 Å². The molecule has 2 rings (SSSR count). The maximum Gasteiger partial charge on any atom is 0.0715 e. The van der Waals surface area contributed by atoms with Crippen LogP contribution < -0.4 is 5.73 Å². The smallest absolute Gasteiger partial charge is 0.0715 e. The van der Waals surface area contributed by atoms with E-state index < -0.39 is 5.60 Å². The molecule has 3 N–H and O–H groups in total. The summed E-state index contributed by atoms with van der Waals surface area (Å²) in [6, 6.07) is 0. The van der Waals surface area contributed by atoms with E-state index in [-0.39, 0.29) is 5.41 Å². The molecular weight excluding hydrogens is 234 g/mol. The minimum Gasteiger partial charge on any atom is -0.389 e. The van der Waals surface area contributed by atoms with Gasteiger partial charge in [0.2, 0.25) is 0 Å². The van der Waals surface area contributed by atoms with Crippen molar-refractivity contribution >= 4 is 0 Å². The van der Waals surface area contributed by atoms with Crippen LogP contribution in [0.5, 0.6) is 0 Å². The molecule has 2 aliphatic rings. The van der Waals surface area contributed by atoms with E-state index in [1.165, 1.54) is 32.1 Å². The molecule has 2 heteroatoms. The lowest BCUT2D eigenvalue weighted by atomic mass is 9.66. The van der Waals surface area contributed by atoms with Crippen molar-refractivity contribution in [1.29, 1.82) is 0 Å². The minimum absolute atomic E-state index is 0.0276. The lowest BCUT2D eigenvalue weighted by Gasteiger charge is -2.45. The molecule has 0 saturated heterocycles. The van der Waals surface area contributed by atoms with E-state index in [0.717, 1.165) is 31.6 Å². The Morgan fingerprint density at radius 3 is 2.16 bits per heavy atom. The third-order valence-corrected chi connectivity index (χ3v) is 6.21. The van der Waals surface area contributed by atoms with E-state index in [0.29, 0.717) is 12.0 Å². The van der Waals surface area contributed by atoms with Gasteiger partial charge in [-0.3, -0.25) is 0 Å². The lowest BCUT2D eigenvalue weighted by molar-refractivity contribution is -0.0904. The Morgan fingerprint density at radius 2 is 1.63 bits per heavy atom. The predicted octanol–water partition coefficient (Wildman–Crippen LogP) is 3.86. The van der Waals surface area contributed by atoms with Crippen molar-refractivity contribution in [3.05, 3.63) is 0 Å². The number of aliphatic hydroxyl groups is 1. The van der Waals surface area contributed by atoms with Gasteiger partial charge in [0.1, 0.15) is 0 Å². The van der Waals surface area contributed by atoms with Gasteiger partial charge in [0.05, 0.1) is 5.60 Å². The molecule has 2 nitrogen and oxygen atoms in total.